The molecular formula is C47H88OS5. The first-order valence-electron chi connectivity index (χ1n) is 23.2. The van der Waals surface area contributed by atoms with Gasteiger partial charge in [-0.2, -0.15) is 0 Å². The zero-order valence-corrected chi connectivity index (χ0v) is 40.0. The minimum Gasteiger partial charge on any atom is -0.457 e. The van der Waals surface area contributed by atoms with Crippen LogP contribution in [0.4, 0.5) is 0 Å². The van der Waals surface area contributed by atoms with Crippen molar-refractivity contribution < 1.29 is 4.74 Å². The number of thioether (sulfide) groups is 5. The standard InChI is InChI=1S/C47H88OS5/c1-6-11-16-21-26-31-39-49-45-38-36-37-44(46(45)50-40-32-27-22-17-12-7-2)48-47(51-41-33-28-23-18-13-8-3,52-42-34-29-24-19-14-9-4)53-43-35-30-25-20-15-10-5/h36-38H,6-35,39-43H2,1-5H3. The summed E-state index contributed by atoms with van der Waals surface area (Å²) in [7, 11) is 0. The van der Waals surface area contributed by atoms with Crippen molar-refractivity contribution in [2.45, 2.75) is 241 Å². The second kappa shape index (κ2) is 39.6. The van der Waals surface area contributed by atoms with Crippen molar-refractivity contribution >= 4 is 58.8 Å². The van der Waals surface area contributed by atoms with Gasteiger partial charge >= 0.3 is 0 Å². The number of rotatable bonds is 42. The summed E-state index contributed by atoms with van der Waals surface area (Å²) in [5.41, 5.74) is 0. The van der Waals surface area contributed by atoms with Crippen LogP contribution >= 0.6 is 58.8 Å². The predicted molar refractivity (Wildman–Crippen MR) is 256 cm³/mol. The molecule has 0 bridgehead atoms. The van der Waals surface area contributed by atoms with Gasteiger partial charge in [0.15, 0.2) is 0 Å². The van der Waals surface area contributed by atoms with Crippen molar-refractivity contribution in [1.82, 2.24) is 0 Å². The van der Waals surface area contributed by atoms with Crippen LogP contribution in [0.25, 0.3) is 0 Å². The van der Waals surface area contributed by atoms with Crippen LogP contribution in [-0.2, 0) is 0 Å². The Morgan fingerprint density at radius 2 is 0.698 bits per heavy atom. The average Bonchev–Trinajstić information content (AvgIpc) is 3.17. The van der Waals surface area contributed by atoms with Crippen LogP contribution < -0.4 is 4.74 Å². The minimum absolute atomic E-state index is 0.270. The molecule has 0 saturated carbocycles. The molecule has 1 aromatic carbocycles. The molecule has 0 amide bonds. The van der Waals surface area contributed by atoms with Gasteiger partial charge in [-0.25, -0.2) is 0 Å². The van der Waals surface area contributed by atoms with Crippen molar-refractivity contribution in [2.24, 2.45) is 0 Å². The molecule has 0 radical (unpaired) electrons. The van der Waals surface area contributed by atoms with Crippen LogP contribution in [0.1, 0.15) is 227 Å². The Kier molecular flexibility index (Phi) is 38.7. The van der Waals surface area contributed by atoms with Crippen LogP contribution in [0, 0.1) is 0 Å². The van der Waals surface area contributed by atoms with E-state index in [0.717, 1.165) is 5.75 Å². The van der Waals surface area contributed by atoms with Gasteiger partial charge in [-0.05, 0) is 73.0 Å². The van der Waals surface area contributed by atoms with Crippen molar-refractivity contribution in [3.8, 4) is 5.75 Å². The summed E-state index contributed by atoms with van der Waals surface area (Å²) < 4.78 is 7.28. The summed E-state index contributed by atoms with van der Waals surface area (Å²) in [4.78, 5) is 2.89. The van der Waals surface area contributed by atoms with Gasteiger partial charge in [-0.3, -0.25) is 0 Å². The third-order valence-corrected chi connectivity index (χ3v) is 17.4. The molecule has 1 aromatic rings. The van der Waals surface area contributed by atoms with E-state index in [1.54, 1.807) is 0 Å². The summed E-state index contributed by atoms with van der Waals surface area (Å²) in [6.07, 6.45) is 40.8. The third kappa shape index (κ3) is 29.6. The lowest BCUT2D eigenvalue weighted by Gasteiger charge is -2.34. The van der Waals surface area contributed by atoms with Gasteiger partial charge in [-0.1, -0.05) is 236 Å². The van der Waals surface area contributed by atoms with E-state index in [0.29, 0.717) is 0 Å². The highest BCUT2D eigenvalue weighted by Gasteiger charge is 2.35. The lowest BCUT2D eigenvalue weighted by molar-refractivity contribution is 0.329. The van der Waals surface area contributed by atoms with Crippen LogP contribution in [0.3, 0.4) is 0 Å². The van der Waals surface area contributed by atoms with Gasteiger partial charge < -0.3 is 4.74 Å². The van der Waals surface area contributed by atoms with Crippen molar-refractivity contribution in [2.75, 3.05) is 28.8 Å². The molecule has 0 heterocycles. The summed E-state index contributed by atoms with van der Waals surface area (Å²) in [6.45, 7) is 11.6. The monoisotopic (exact) mass is 829 g/mol. The Bertz CT molecular complexity index is 850. The number of ether oxygens (including phenoxy) is 1. The van der Waals surface area contributed by atoms with Crippen LogP contribution in [0.15, 0.2) is 28.0 Å². The van der Waals surface area contributed by atoms with E-state index in [4.69, 9.17) is 4.74 Å². The predicted octanol–water partition coefficient (Wildman–Crippen LogP) is 18.9. The van der Waals surface area contributed by atoms with Gasteiger partial charge in [0, 0.05) is 4.90 Å². The molecule has 0 unspecified atom stereocenters. The van der Waals surface area contributed by atoms with Crippen LogP contribution in [0.5, 0.6) is 5.75 Å². The second-order valence-electron chi connectivity index (χ2n) is 15.3. The highest BCUT2D eigenvalue weighted by Crippen LogP contribution is 2.52. The normalized spacial score (nSPS) is 11.9. The lowest BCUT2D eigenvalue weighted by atomic mass is 10.1. The maximum absolute atomic E-state index is 7.55. The van der Waals surface area contributed by atoms with E-state index in [1.165, 1.54) is 231 Å². The maximum Gasteiger partial charge on any atom is 0.249 e. The van der Waals surface area contributed by atoms with Crippen LogP contribution in [-0.4, -0.2) is 32.4 Å². The Hall–Kier alpha value is 0.770. The third-order valence-electron chi connectivity index (χ3n) is 10.0. The van der Waals surface area contributed by atoms with Crippen molar-refractivity contribution in [3.63, 3.8) is 0 Å². The molecule has 0 N–H and O–H groups in total. The average molecular weight is 830 g/mol. The molecule has 0 aliphatic rings. The molecule has 0 aliphatic carbocycles. The van der Waals surface area contributed by atoms with E-state index < -0.39 is 0 Å². The van der Waals surface area contributed by atoms with Crippen LogP contribution in [0.2, 0.25) is 0 Å². The highest BCUT2D eigenvalue weighted by atomic mass is 32.3. The lowest BCUT2D eigenvalue weighted by Crippen LogP contribution is -2.26. The molecule has 0 aromatic heterocycles. The molecular weight excluding hydrogens is 741 g/mol. The Labute approximate surface area is 354 Å². The number of benzene rings is 1. The summed E-state index contributed by atoms with van der Waals surface area (Å²) >= 11 is 10.6. The molecule has 53 heavy (non-hydrogen) atoms. The minimum atomic E-state index is -0.270. The first-order chi connectivity index (χ1) is 26.2. The van der Waals surface area contributed by atoms with Gasteiger partial charge in [-0.15, -0.1) is 23.5 Å². The molecule has 312 valence electrons. The smallest absolute Gasteiger partial charge is 0.249 e. The van der Waals surface area contributed by atoms with E-state index >= 15 is 0 Å². The largest absolute Gasteiger partial charge is 0.457 e. The van der Waals surface area contributed by atoms with Gasteiger partial charge in [0.05, 0.1) is 4.90 Å². The summed E-state index contributed by atoms with van der Waals surface area (Å²) in [5.74, 6) is 7.18. The number of hydrogen-bond acceptors (Lipinski definition) is 6. The molecule has 6 heteroatoms. The molecule has 1 rings (SSSR count). The molecule has 0 spiro atoms. The highest BCUT2D eigenvalue weighted by molar-refractivity contribution is 8.33. The zero-order chi connectivity index (χ0) is 38.3. The van der Waals surface area contributed by atoms with E-state index in [2.05, 4.69) is 112 Å². The first kappa shape index (κ1) is 51.8. The fraction of sp³-hybridized carbons (Fsp3) is 0.872. The second-order valence-corrected chi connectivity index (χ2v) is 22.1. The fourth-order valence-corrected chi connectivity index (χ4v) is 13.6. The van der Waals surface area contributed by atoms with Gasteiger partial charge in [0.2, 0.25) is 3.60 Å². The Balaban J connectivity index is 3.24. The molecule has 1 nitrogen and oxygen atoms in total. The molecule has 0 atom stereocenters. The molecule has 0 saturated heterocycles. The summed E-state index contributed by atoms with van der Waals surface area (Å²) in [6, 6.07) is 7.03. The quantitative estimate of drug-likeness (QED) is 0.0366. The Morgan fingerprint density at radius 1 is 0.377 bits per heavy atom. The van der Waals surface area contributed by atoms with E-state index in [1.807, 2.05) is 0 Å². The van der Waals surface area contributed by atoms with Crippen molar-refractivity contribution in [1.29, 1.82) is 0 Å². The number of hydrogen-bond donors (Lipinski definition) is 0. The molecule has 0 fully saturated rings. The van der Waals surface area contributed by atoms with Crippen molar-refractivity contribution in [3.05, 3.63) is 18.2 Å². The molecule has 0 aliphatic heterocycles. The van der Waals surface area contributed by atoms with Gasteiger partial charge in [0.1, 0.15) is 5.75 Å². The van der Waals surface area contributed by atoms with E-state index in [-0.39, 0.29) is 3.60 Å². The fourth-order valence-electron chi connectivity index (χ4n) is 6.54. The van der Waals surface area contributed by atoms with E-state index in [9.17, 15) is 0 Å². The van der Waals surface area contributed by atoms with Gasteiger partial charge in [0.25, 0.3) is 0 Å². The SMILES string of the molecule is CCCCCCCCSc1cccc(OC(SCCCCCCCC)(SCCCCCCCC)SCCCCCCCC)c1SCCCCCCCC. The summed E-state index contributed by atoms with van der Waals surface area (Å²) in [5, 5.41) is 0. The topological polar surface area (TPSA) is 9.23 Å². The maximum atomic E-state index is 7.55. The number of unbranched alkanes of at least 4 members (excludes halogenated alkanes) is 25. The zero-order valence-electron chi connectivity index (χ0n) is 35.9. The Morgan fingerprint density at radius 3 is 1.08 bits per heavy atom. The first-order valence-corrected chi connectivity index (χ1v) is 28.1.